The molecule has 1 aromatic heterocycles. The van der Waals surface area contributed by atoms with Crippen LogP contribution < -0.4 is 4.90 Å². The smallest absolute Gasteiger partial charge is 0.258 e. The van der Waals surface area contributed by atoms with E-state index in [2.05, 4.69) is 21.7 Å². The zero-order valence-corrected chi connectivity index (χ0v) is 15.7. The van der Waals surface area contributed by atoms with Gasteiger partial charge in [0.15, 0.2) is 0 Å². The molecule has 0 bridgehead atoms. The molecule has 0 radical (unpaired) electrons. The van der Waals surface area contributed by atoms with E-state index in [-0.39, 0.29) is 5.91 Å². The first-order valence-corrected chi connectivity index (χ1v) is 8.94. The van der Waals surface area contributed by atoms with Gasteiger partial charge in [-0.15, -0.1) is 0 Å². The number of aryl methyl sites for hydroxylation is 2. The van der Waals surface area contributed by atoms with Gasteiger partial charge in [-0.2, -0.15) is 0 Å². The van der Waals surface area contributed by atoms with Gasteiger partial charge in [0.2, 0.25) is 0 Å². The first kappa shape index (κ1) is 17.0. The molecule has 0 unspecified atom stereocenters. The summed E-state index contributed by atoms with van der Waals surface area (Å²) in [5, 5.41) is 0. The third-order valence-electron chi connectivity index (χ3n) is 4.78. The fourth-order valence-corrected chi connectivity index (χ4v) is 3.38. The first-order chi connectivity index (χ1) is 13.0. The van der Waals surface area contributed by atoms with Crippen molar-refractivity contribution in [3.8, 4) is 5.69 Å². The van der Waals surface area contributed by atoms with Crippen LogP contribution >= 0.6 is 0 Å². The van der Waals surface area contributed by atoms with Crippen LogP contribution in [0.25, 0.3) is 16.7 Å². The summed E-state index contributed by atoms with van der Waals surface area (Å²) < 4.78 is 2.11. The lowest BCUT2D eigenvalue weighted by Crippen LogP contribution is -2.26. The average molecular weight is 355 g/mol. The van der Waals surface area contributed by atoms with Crippen LogP contribution in [0.15, 0.2) is 72.8 Å². The van der Waals surface area contributed by atoms with Crippen molar-refractivity contribution >= 4 is 22.6 Å². The summed E-state index contributed by atoms with van der Waals surface area (Å²) in [6.45, 7) is 4.00. The van der Waals surface area contributed by atoms with Gasteiger partial charge in [0.05, 0.1) is 11.0 Å². The van der Waals surface area contributed by atoms with Crippen LogP contribution in [0.1, 0.15) is 21.7 Å². The molecule has 134 valence electrons. The number of anilines is 1. The fourth-order valence-electron chi connectivity index (χ4n) is 3.38. The number of hydrogen-bond donors (Lipinski definition) is 0. The summed E-state index contributed by atoms with van der Waals surface area (Å²) in [6.07, 6.45) is 0. The van der Waals surface area contributed by atoms with E-state index in [1.165, 1.54) is 0 Å². The highest BCUT2D eigenvalue weighted by Gasteiger charge is 2.16. The Labute approximate surface area is 158 Å². The van der Waals surface area contributed by atoms with Gasteiger partial charge >= 0.3 is 0 Å². The number of hydrogen-bond acceptors (Lipinski definition) is 2. The molecule has 3 aromatic carbocycles. The predicted molar refractivity (Wildman–Crippen MR) is 110 cm³/mol. The molecule has 0 aliphatic rings. The molecule has 0 spiro atoms. The summed E-state index contributed by atoms with van der Waals surface area (Å²) >= 11 is 0. The van der Waals surface area contributed by atoms with E-state index < -0.39 is 0 Å². The number of amides is 1. The molecule has 0 N–H and O–H groups in total. The number of aromatic nitrogens is 2. The van der Waals surface area contributed by atoms with Gasteiger partial charge in [-0.25, -0.2) is 4.98 Å². The first-order valence-electron chi connectivity index (χ1n) is 8.94. The van der Waals surface area contributed by atoms with E-state index in [1.807, 2.05) is 74.5 Å². The van der Waals surface area contributed by atoms with Gasteiger partial charge in [0.25, 0.3) is 5.91 Å². The highest BCUT2D eigenvalue weighted by molar-refractivity contribution is 6.07. The Bertz CT molecular complexity index is 1130. The highest BCUT2D eigenvalue weighted by Crippen LogP contribution is 2.24. The highest BCUT2D eigenvalue weighted by atomic mass is 16.2. The monoisotopic (exact) mass is 355 g/mol. The molecule has 27 heavy (non-hydrogen) atoms. The van der Waals surface area contributed by atoms with Crippen LogP contribution in [0.3, 0.4) is 0 Å². The molecular formula is C23H21N3O. The zero-order chi connectivity index (χ0) is 19.0. The molecule has 0 aliphatic heterocycles. The molecule has 0 saturated heterocycles. The van der Waals surface area contributed by atoms with Crippen molar-refractivity contribution in [1.29, 1.82) is 0 Å². The summed E-state index contributed by atoms with van der Waals surface area (Å²) in [7, 11) is 1.80. The number of carbonyl (C=O) groups is 1. The molecule has 0 fully saturated rings. The van der Waals surface area contributed by atoms with Crippen molar-refractivity contribution in [3.63, 3.8) is 0 Å². The lowest BCUT2D eigenvalue weighted by molar-refractivity contribution is 0.0993. The molecule has 4 aromatic rings. The van der Waals surface area contributed by atoms with Crippen LogP contribution in [0.2, 0.25) is 0 Å². The number of carbonyl (C=O) groups excluding carboxylic acids is 1. The summed E-state index contributed by atoms with van der Waals surface area (Å²) in [4.78, 5) is 19.3. The Balaban J connectivity index is 1.73. The lowest BCUT2D eigenvalue weighted by Gasteiger charge is -2.18. The third-order valence-corrected chi connectivity index (χ3v) is 4.78. The number of imidazole rings is 1. The number of fused-ring (bicyclic) bond motifs is 1. The summed E-state index contributed by atoms with van der Waals surface area (Å²) in [6, 6.07) is 23.8. The minimum absolute atomic E-state index is 0.0468. The van der Waals surface area contributed by atoms with E-state index in [9.17, 15) is 4.79 Å². The van der Waals surface area contributed by atoms with E-state index in [0.29, 0.717) is 5.56 Å². The van der Waals surface area contributed by atoms with Gasteiger partial charge < -0.3 is 4.90 Å². The van der Waals surface area contributed by atoms with Gasteiger partial charge in [-0.05, 0) is 61.9 Å². The second kappa shape index (κ2) is 6.72. The molecule has 4 rings (SSSR count). The van der Waals surface area contributed by atoms with Crippen LogP contribution in [-0.2, 0) is 0 Å². The maximum Gasteiger partial charge on any atom is 0.258 e. The Morgan fingerprint density at radius 2 is 1.70 bits per heavy atom. The molecule has 1 amide bonds. The Morgan fingerprint density at radius 1 is 0.926 bits per heavy atom. The molecule has 0 atom stereocenters. The van der Waals surface area contributed by atoms with Crippen LogP contribution in [0.5, 0.6) is 0 Å². The number of benzene rings is 3. The Hall–Kier alpha value is -3.40. The molecule has 4 nitrogen and oxygen atoms in total. The number of rotatable bonds is 3. The van der Waals surface area contributed by atoms with Crippen LogP contribution in [0, 0.1) is 13.8 Å². The summed E-state index contributed by atoms with van der Waals surface area (Å²) in [5.74, 6) is 0.849. The number of para-hydroxylation sites is 1. The van der Waals surface area contributed by atoms with Crippen molar-refractivity contribution in [2.75, 3.05) is 11.9 Å². The largest absolute Gasteiger partial charge is 0.311 e. The van der Waals surface area contributed by atoms with Crippen molar-refractivity contribution in [3.05, 3.63) is 89.7 Å². The topological polar surface area (TPSA) is 38.1 Å². The SMILES string of the molecule is Cc1cccc(N(C)C(=O)c2ccc3c(c2)nc(C)n3-c2ccccc2)c1. The Morgan fingerprint density at radius 3 is 2.44 bits per heavy atom. The second-order valence-corrected chi connectivity index (χ2v) is 6.74. The number of nitrogens with zero attached hydrogens (tertiary/aromatic N) is 3. The van der Waals surface area contributed by atoms with E-state index in [0.717, 1.165) is 33.8 Å². The minimum Gasteiger partial charge on any atom is -0.311 e. The van der Waals surface area contributed by atoms with E-state index in [4.69, 9.17) is 0 Å². The third kappa shape index (κ3) is 3.10. The molecule has 4 heteroatoms. The standard InChI is InChI=1S/C23H21N3O/c1-16-8-7-11-20(14-16)25(3)23(27)18-12-13-22-21(15-18)24-17(2)26(22)19-9-5-4-6-10-19/h4-15H,1-3H3. The van der Waals surface area contributed by atoms with Gasteiger partial charge in [-0.3, -0.25) is 9.36 Å². The van der Waals surface area contributed by atoms with E-state index in [1.54, 1.807) is 11.9 Å². The van der Waals surface area contributed by atoms with Crippen molar-refractivity contribution in [1.82, 2.24) is 9.55 Å². The minimum atomic E-state index is -0.0468. The van der Waals surface area contributed by atoms with Crippen LogP contribution in [0.4, 0.5) is 5.69 Å². The zero-order valence-electron chi connectivity index (χ0n) is 15.7. The quantitative estimate of drug-likeness (QED) is 0.523. The maximum absolute atomic E-state index is 13.0. The summed E-state index contributed by atoms with van der Waals surface area (Å²) in [5.41, 5.74) is 5.51. The second-order valence-electron chi connectivity index (χ2n) is 6.74. The van der Waals surface area contributed by atoms with Crippen LogP contribution in [-0.4, -0.2) is 22.5 Å². The van der Waals surface area contributed by atoms with E-state index >= 15 is 0 Å². The normalized spacial score (nSPS) is 10.9. The fraction of sp³-hybridized carbons (Fsp3) is 0.130. The molecule has 0 saturated carbocycles. The van der Waals surface area contributed by atoms with Crippen molar-refractivity contribution < 1.29 is 4.79 Å². The Kier molecular flexibility index (Phi) is 4.24. The lowest BCUT2D eigenvalue weighted by atomic mass is 10.1. The molecular weight excluding hydrogens is 334 g/mol. The van der Waals surface area contributed by atoms with Crippen molar-refractivity contribution in [2.45, 2.75) is 13.8 Å². The average Bonchev–Trinajstić information content (AvgIpc) is 3.02. The van der Waals surface area contributed by atoms with Gasteiger partial charge in [0.1, 0.15) is 5.82 Å². The van der Waals surface area contributed by atoms with Gasteiger partial charge in [-0.1, -0.05) is 30.3 Å². The molecule has 0 aliphatic carbocycles. The maximum atomic E-state index is 13.0. The van der Waals surface area contributed by atoms with Gasteiger partial charge in [0, 0.05) is 24.0 Å². The molecule has 1 heterocycles. The predicted octanol–water partition coefficient (Wildman–Crippen LogP) is 4.92. The van der Waals surface area contributed by atoms with Crippen molar-refractivity contribution in [2.24, 2.45) is 0 Å².